The third-order valence-corrected chi connectivity index (χ3v) is 13.7. The van der Waals surface area contributed by atoms with Crippen molar-refractivity contribution in [3.8, 4) is 0 Å². The molecule has 0 aliphatic carbocycles. The molecule has 0 aliphatic heterocycles. The monoisotopic (exact) mass is 1140 g/mol. The van der Waals surface area contributed by atoms with Crippen LogP contribution in [0.2, 0.25) is 0 Å². The molecule has 0 bridgehead atoms. The summed E-state index contributed by atoms with van der Waals surface area (Å²) in [5, 5.41) is 0. The van der Waals surface area contributed by atoms with E-state index in [1.165, 1.54) is 64.2 Å². The van der Waals surface area contributed by atoms with E-state index < -0.39 is 6.10 Å². The van der Waals surface area contributed by atoms with Crippen LogP contribution in [0.4, 0.5) is 0 Å². The summed E-state index contributed by atoms with van der Waals surface area (Å²) < 4.78 is 16.9. The molecular weight excluding hydrogens is 1020 g/mol. The fraction of sp³-hybridized carbons (Fsp3) is 0.597. The predicted molar refractivity (Wildman–Crippen MR) is 361 cm³/mol. The fourth-order valence-electron chi connectivity index (χ4n) is 8.71. The maximum absolute atomic E-state index is 13.0. The van der Waals surface area contributed by atoms with Crippen molar-refractivity contribution in [1.29, 1.82) is 0 Å². The van der Waals surface area contributed by atoms with Crippen molar-refractivity contribution in [2.24, 2.45) is 0 Å². The van der Waals surface area contributed by atoms with Crippen LogP contribution in [0, 0.1) is 0 Å². The van der Waals surface area contributed by atoms with Gasteiger partial charge in [0.1, 0.15) is 13.2 Å². The van der Waals surface area contributed by atoms with E-state index in [-0.39, 0.29) is 31.1 Å². The lowest BCUT2D eigenvalue weighted by Crippen LogP contribution is -2.30. The summed E-state index contributed by atoms with van der Waals surface area (Å²) in [7, 11) is 0. The van der Waals surface area contributed by atoms with Crippen LogP contribution < -0.4 is 0 Å². The number of ether oxygens (including phenoxy) is 3. The van der Waals surface area contributed by atoms with Gasteiger partial charge >= 0.3 is 17.9 Å². The molecule has 0 saturated heterocycles. The maximum Gasteiger partial charge on any atom is 0.306 e. The van der Waals surface area contributed by atoms with Crippen molar-refractivity contribution in [2.75, 3.05) is 13.2 Å². The summed E-state index contributed by atoms with van der Waals surface area (Å²) in [6.07, 6.45) is 102. The average molecular weight is 1140 g/mol. The van der Waals surface area contributed by atoms with Crippen LogP contribution in [-0.4, -0.2) is 37.2 Å². The van der Waals surface area contributed by atoms with Gasteiger partial charge in [-0.05, 0) is 154 Å². The second-order valence-corrected chi connectivity index (χ2v) is 21.6. The molecular formula is C77H122O6. The summed E-state index contributed by atoms with van der Waals surface area (Å²) in [6.45, 7) is 6.34. The first-order valence-electron chi connectivity index (χ1n) is 33.6. The van der Waals surface area contributed by atoms with Gasteiger partial charge in [0.2, 0.25) is 0 Å². The number of rotatable bonds is 59. The van der Waals surface area contributed by atoms with Crippen molar-refractivity contribution >= 4 is 17.9 Å². The first-order valence-corrected chi connectivity index (χ1v) is 33.6. The molecule has 0 rings (SSSR count). The second kappa shape index (κ2) is 69.3. The number of allylic oxidation sites excluding steroid dienone is 28. The average Bonchev–Trinajstić information content (AvgIpc) is 3.49. The molecule has 0 fully saturated rings. The molecule has 6 heteroatoms. The van der Waals surface area contributed by atoms with Crippen LogP contribution >= 0.6 is 0 Å². The third kappa shape index (κ3) is 67.4. The van der Waals surface area contributed by atoms with E-state index in [9.17, 15) is 14.4 Å². The Morgan fingerprint density at radius 3 is 0.747 bits per heavy atom. The zero-order valence-corrected chi connectivity index (χ0v) is 53.4. The quantitative estimate of drug-likeness (QED) is 0.0261. The Bertz CT molecular complexity index is 1890. The maximum atomic E-state index is 13.0. The Kier molecular flexibility index (Phi) is 64.9. The van der Waals surface area contributed by atoms with Gasteiger partial charge in [0, 0.05) is 19.3 Å². The highest BCUT2D eigenvalue weighted by Gasteiger charge is 2.19. The minimum absolute atomic E-state index is 0.106. The van der Waals surface area contributed by atoms with Crippen molar-refractivity contribution in [3.05, 3.63) is 170 Å². The summed E-state index contributed by atoms with van der Waals surface area (Å²) in [4.78, 5) is 38.4. The Labute approximate surface area is 511 Å². The van der Waals surface area contributed by atoms with Crippen molar-refractivity contribution in [1.82, 2.24) is 0 Å². The number of hydrogen-bond acceptors (Lipinski definition) is 6. The van der Waals surface area contributed by atoms with Gasteiger partial charge in [-0.1, -0.05) is 274 Å². The summed E-state index contributed by atoms with van der Waals surface area (Å²) in [6, 6.07) is 0. The number of hydrogen-bond donors (Lipinski definition) is 0. The van der Waals surface area contributed by atoms with Crippen LogP contribution in [0.15, 0.2) is 170 Å². The number of unbranched alkanes of at least 4 members (excludes halogenated alkanes) is 20. The number of esters is 3. The van der Waals surface area contributed by atoms with E-state index in [4.69, 9.17) is 14.2 Å². The van der Waals surface area contributed by atoms with Gasteiger partial charge in [-0.3, -0.25) is 14.4 Å². The lowest BCUT2D eigenvalue weighted by atomic mass is 10.1. The van der Waals surface area contributed by atoms with Crippen LogP contribution in [0.5, 0.6) is 0 Å². The van der Waals surface area contributed by atoms with E-state index in [0.29, 0.717) is 19.3 Å². The van der Waals surface area contributed by atoms with Crippen molar-refractivity contribution in [2.45, 2.75) is 284 Å². The van der Waals surface area contributed by atoms with Crippen LogP contribution in [0.1, 0.15) is 278 Å². The van der Waals surface area contributed by atoms with Gasteiger partial charge in [-0.15, -0.1) is 0 Å². The molecule has 0 aromatic heterocycles. The van der Waals surface area contributed by atoms with E-state index in [2.05, 4.69) is 191 Å². The Morgan fingerprint density at radius 2 is 0.470 bits per heavy atom. The highest BCUT2D eigenvalue weighted by Crippen LogP contribution is 2.15. The first-order chi connectivity index (χ1) is 41.0. The van der Waals surface area contributed by atoms with Gasteiger partial charge < -0.3 is 14.2 Å². The summed E-state index contributed by atoms with van der Waals surface area (Å²) >= 11 is 0. The molecule has 6 nitrogen and oxygen atoms in total. The Hall–Kier alpha value is -5.23. The topological polar surface area (TPSA) is 78.9 Å². The zero-order valence-electron chi connectivity index (χ0n) is 53.4. The minimum atomic E-state index is -0.813. The molecule has 1 unspecified atom stereocenters. The highest BCUT2D eigenvalue weighted by molar-refractivity contribution is 5.71. The van der Waals surface area contributed by atoms with E-state index in [0.717, 1.165) is 173 Å². The molecule has 0 radical (unpaired) electrons. The summed E-state index contributed by atoms with van der Waals surface area (Å²) in [5.41, 5.74) is 0. The molecule has 0 aromatic carbocycles. The van der Waals surface area contributed by atoms with Crippen LogP contribution in [-0.2, 0) is 28.6 Å². The van der Waals surface area contributed by atoms with Crippen molar-refractivity contribution < 1.29 is 28.6 Å². The van der Waals surface area contributed by atoms with Gasteiger partial charge in [-0.2, -0.15) is 0 Å². The van der Waals surface area contributed by atoms with Gasteiger partial charge in [0.15, 0.2) is 6.10 Å². The largest absolute Gasteiger partial charge is 0.462 e. The molecule has 466 valence electrons. The standard InChI is InChI=1S/C77H122O6/c1-4-7-10-13-16-19-22-25-28-30-32-34-36-38-40-42-44-46-49-52-55-58-61-64-67-70-76(79)82-73-74(72-81-75(78)69-66-63-60-57-54-51-48-27-24-21-18-15-12-9-6-3)83-77(80)71-68-65-62-59-56-53-50-47-45-43-41-39-37-35-33-31-29-26-23-20-17-14-11-8-5-2/h7-8,10-11,16-21,25-29,32-35,38-41,44,46,48,52,55,74H,4-6,9,12-15,22-24,30-31,36-37,42-43,45,47,49-51,53-54,56-73H2,1-3H3/b10-7-,11-8-,19-16-,20-17-,21-18-,28-25-,29-26-,34-32-,35-33-,40-38-,41-39-,46-44-,48-27-,55-52-. The van der Waals surface area contributed by atoms with E-state index in [1.54, 1.807) is 0 Å². The smallest absolute Gasteiger partial charge is 0.306 e. The molecule has 1 atom stereocenters. The van der Waals surface area contributed by atoms with Crippen molar-refractivity contribution in [3.63, 3.8) is 0 Å². The molecule has 0 saturated carbocycles. The fourth-order valence-corrected chi connectivity index (χ4v) is 8.71. The van der Waals surface area contributed by atoms with Crippen LogP contribution in [0.3, 0.4) is 0 Å². The van der Waals surface area contributed by atoms with Gasteiger partial charge in [0.05, 0.1) is 0 Å². The molecule has 0 spiro atoms. The summed E-state index contributed by atoms with van der Waals surface area (Å²) in [5.74, 6) is -0.960. The van der Waals surface area contributed by atoms with E-state index in [1.807, 2.05) is 0 Å². The van der Waals surface area contributed by atoms with E-state index >= 15 is 0 Å². The van der Waals surface area contributed by atoms with Gasteiger partial charge in [-0.25, -0.2) is 0 Å². The molecule has 0 aromatic rings. The molecule has 0 aliphatic rings. The molecule has 83 heavy (non-hydrogen) atoms. The zero-order chi connectivity index (χ0) is 59.9. The lowest BCUT2D eigenvalue weighted by Gasteiger charge is -2.18. The number of carbonyl (C=O) groups excluding carboxylic acids is 3. The third-order valence-electron chi connectivity index (χ3n) is 13.7. The minimum Gasteiger partial charge on any atom is -0.462 e. The Morgan fingerprint density at radius 1 is 0.253 bits per heavy atom. The normalized spacial score (nSPS) is 13.2. The highest BCUT2D eigenvalue weighted by atomic mass is 16.6. The second-order valence-electron chi connectivity index (χ2n) is 21.6. The first kappa shape index (κ1) is 77.8. The molecule has 0 amide bonds. The predicted octanol–water partition coefficient (Wildman–Crippen LogP) is 23.4. The Balaban J connectivity index is 4.48. The lowest BCUT2D eigenvalue weighted by molar-refractivity contribution is -0.167. The SMILES string of the molecule is CC/C=C\C/C=C\C/C=C\C/C=C\C/C=C\C/C=C\C/C=C\CCCCCC(=O)OCC(COC(=O)CCCCCCC/C=C\C/C=C\CCCCC)OC(=O)CCCCCCCCCCC/C=C\C/C=C\C/C=C\C/C=C\C/C=C\CC. The number of carbonyl (C=O) groups is 3. The molecule has 0 N–H and O–H groups in total. The van der Waals surface area contributed by atoms with Crippen LogP contribution in [0.25, 0.3) is 0 Å². The molecule has 0 heterocycles. The van der Waals surface area contributed by atoms with Gasteiger partial charge in [0.25, 0.3) is 0 Å².